The van der Waals surface area contributed by atoms with E-state index in [1.165, 1.54) is 0 Å². The number of piperazine rings is 1. The van der Waals surface area contributed by atoms with Crippen LogP contribution >= 0.6 is 11.3 Å². The Labute approximate surface area is 140 Å². The maximum absolute atomic E-state index is 12.3. The minimum Gasteiger partial charge on any atom is -0.339 e. The first-order valence-electron chi connectivity index (χ1n) is 7.92. The molecule has 2 amide bonds. The maximum atomic E-state index is 12.3. The number of rotatable bonds is 3. The highest BCUT2D eigenvalue weighted by Gasteiger charge is 2.30. The molecule has 0 aromatic carbocycles. The van der Waals surface area contributed by atoms with Gasteiger partial charge in [0.25, 0.3) is 0 Å². The van der Waals surface area contributed by atoms with E-state index in [1.54, 1.807) is 9.47 Å². The third-order valence-electron chi connectivity index (χ3n) is 4.09. The van der Waals surface area contributed by atoms with E-state index in [0.717, 1.165) is 17.0 Å². The minimum absolute atomic E-state index is 0.0177. The molecule has 0 unspecified atom stereocenters. The van der Waals surface area contributed by atoms with Gasteiger partial charge in [0.05, 0.1) is 0 Å². The van der Waals surface area contributed by atoms with Crippen molar-refractivity contribution in [2.75, 3.05) is 26.2 Å². The fraction of sp³-hybridized carbons (Fsp3) is 0.688. The Hall–Kier alpha value is -1.63. The lowest BCUT2D eigenvalue weighted by molar-refractivity contribution is -0.145. The van der Waals surface area contributed by atoms with Gasteiger partial charge in [-0.2, -0.15) is 0 Å². The lowest BCUT2D eigenvalue weighted by Crippen LogP contribution is -2.53. The number of amides is 2. The fourth-order valence-corrected chi connectivity index (χ4v) is 3.43. The van der Waals surface area contributed by atoms with Crippen molar-refractivity contribution in [3.8, 4) is 0 Å². The fourth-order valence-electron chi connectivity index (χ4n) is 2.67. The Bertz CT molecular complexity index is 634. The van der Waals surface area contributed by atoms with E-state index in [9.17, 15) is 14.4 Å². The topological polar surface area (TPSA) is 62.6 Å². The first-order valence-corrected chi connectivity index (χ1v) is 8.80. The Morgan fingerprint density at radius 3 is 2.17 bits per heavy atom. The van der Waals surface area contributed by atoms with Crippen molar-refractivity contribution in [2.24, 2.45) is 5.41 Å². The average molecular weight is 339 g/mol. The molecule has 1 aromatic rings. The molecule has 1 aliphatic heterocycles. The van der Waals surface area contributed by atoms with Gasteiger partial charge >= 0.3 is 4.87 Å². The van der Waals surface area contributed by atoms with Crippen LogP contribution in [0.2, 0.25) is 0 Å². The number of thiazole rings is 1. The molecule has 0 saturated carbocycles. The van der Waals surface area contributed by atoms with Crippen LogP contribution in [-0.2, 0) is 16.1 Å². The molecule has 0 aliphatic carbocycles. The zero-order valence-corrected chi connectivity index (χ0v) is 15.1. The molecule has 6 nitrogen and oxygen atoms in total. The summed E-state index contributed by atoms with van der Waals surface area (Å²) in [5.41, 5.74) is 0.512. The molecule has 0 atom stereocenters. The van der Waals surface area contributed by atoms with Crippen LogP contribution in [0.4, 0.5) is 0 Å². The SMILES string of the molecule is Cc1csc(=O)n1CCC(=O)N1CCN(C(=O)C(C)(C)C)CC1. The molecule has 0 N–H and O–H groups in total. The van der Waals surface area contributed by atoms with Crippen LogP contribution in [0.1, 0.15) is 32.9 Å². The van der Waals surface area contributed by atoms with Crippen LogP contribution in [0, 0.1) is 12.3 Å². The molecule has 1 aliphatic rings. The van der Waals surface area contributed by atoms with Gasteiger partial charge < -0.3 is 14.4 Å². The summed E-state index contributed by atoms with van der Waals surface area (Å²) in [4.78, 5) is 39.8. The van der Waals surface area contributed by atoms with E-state index in [1.807, 2.05) is 38.0 Å². The van der Waals surface area contributed by atoms with Gasteiger partial charge in [-0.05, 0) is 6.92 Å². The molecule has 2 rings (SSSR count). The maximum Gasteiger partial charge on any atom is 0.307 e. The third kappa shape index (κ3) is 4.22. The molecular formula is C16H25N3O3S. The summed E-state index contributed by atoms with van der Waals surface area (Å²) in [6, 6.07) is 0. The monoisotopic (exact) mass is 339 g/mol. The highest BCUT2D eigenvalue weighted by molar-refractivity contribution is 7.07. The Kier molecular flexibility index (Phi) is 5.29. The summed E-state index contributed by atoms with van der Waals surface area (Å²) in [7, 11) is 0. The summed E-state index contributed by atoms with van der Waals surface area (Å²) in [6.45, 7) is 10.3. The largest absolute Gasteiger partial charge is 0.339 e. The number of carbonyl (C=O) groups excluding carboxylic acids is 2. The second-order valence-electron chi connectivity index (χ2n) is 6.97. The highest BCUT2D eigenvalue weighted by Crippen LogP contribution is 2.18. The summed E-state index contributed by atoms with van der Waals surface area (Å²) in [5.74, 6) is 0.176. The summed E-state index contributed by atoms with van der Waals surface area (Å²) >= 11 is 1.16. The van der Waals surface area contributed by atoms with E-state index in [2.05, 4.69) is 0 Å². The summed E-state index contributed by atoms with van der Waals surface area (Å²) in [5, 5.41) is 1.81. The molecule has 128 valence electrons. The first kappa shape index (κ1) is 17.7. The number of aromatic nitrogens is 1. The molecule has 1 saturated heterocycles. The molecule has 2 heterocycles. The van der Waals surface area contributed by atoms with Crippen LogP contribution < -0.4 is 4.87 Å². The number of hydrogen-bond acceptors (Lipinski definition) is 4. The van der Waals surface area contributed by atoms with Gasteiger partial charge in [0.2, 0.25) is 11.8 Å². The minimum atomic E-state index is -0.385. The Balaban J connectivity index is 1.84. The van der Waals surface area contributed by atoms with Gasteiger partial charge in [-0.15, -0.1) is 0 Å². The van der Waals surface area contributed by atoms with E-state index >= 15 is 0 Å². The van der Waals surface area contributed by atoms with E-state index in [0.29, 0.717) is 39.1 Å². The number of carbonyl (C=O) groups is 2. The molecule has 0 radical (unpaired) electrons. The quantitative estimate of drug-likeness (QED) is 0.834. The lowest BCUT2D eigenvalue weighted by atomic mass is 9.94. The molecular weight excluding hydrogens is 314 g/mol. The van der Waals surface area contributed by atoms with Crippen LogP contribution in [0.3, 0.4) is 0 Å². The lowest BCUT2D eigenvalue weighted by Gasteiger charge is -2.37. The van der Waals surface area contributed by atoms with Crippen molar-refractivity contribution < 1.29 is 9.59 Å². The Morgan fingerprint density at radius 2 is 1.70 bits per heavy atom. The van der Waals surface area contributed by atoms with Crippen LogP contribution in [-0.4, -0.2) is 52.4 Å². The van der Waals surface area contributed by atoms with Crippen molar-refractivity contribution in [2.45, 2.75) is 40.7 Å². The van der Waals surface area contributed by atoms with E-state index in [-0.39, 0.29) is 22.1 Å². The molecule has 0 bridgehead atoms. The third-order valence-corrected chi connectivity index (χ3v) is 4.97. The molecule has 1 aromatic heterocycles. The number of aryl methyl sites for hydroxylation is 1. The van der Waals surface area contributed by atoms with Crippen molar-refractivity contribution in [3.05, 3.63) is 20.7 Å². The molecule has 0 spiro atoms. The normalized spacial score (nSPS) is 15.8. The van der Waals surface area contributed by atoms with Gasteiger partial charge in [0.1, 0.15) is 0 Å². The predicted octanol–water partition coefficient (Wildman–Crippen LogP) is 1.33. The number of hydrogen-bond donors (Lipinski definition) is 0. The van der Waals surface area contributed by atoms with Gasteiger partial charge in [-0.3, -0.25) is 14.4 Å². The second kappa shape index (κ2) is 6.86. The van der Waals surface area contributed by atoms with Crippen molar-refractivity contribution in [1.29, 1.82) is 0 Å². The van der Waals surface area contributed by atoms with Crippen LogP contribution in [0.25, 0.3) is 0 Å². The standard InChI is InChI=1S/C16H25N3O3S/c1-12-11-23-15(22)19(12)6-5-13(20)17-7-9-18(10-8-17)14(21)16(2,3)4/h11H,5-10H2,1-4H3. The summed E-state index contributed by atoms with van der Waals surface area (Å²) < 4.78 is 1.64. The zero-order chi connectivity index (χ0) is 17.2. The number of nitrogens with zero attached hydrogens (tertiary/aromatic N) is 3. The van der Waals surface area contributed by atoms with E-state index in [4.69, 9.17) is 0 Å². The smallest absolute Gasteiger partial charge is 0.307 e. The second-order valence-corrected chi connectivity index (χ2v) is 7.79. The van der Waals surface area contributed by atoms with Gasteiger partial charge in [-0.25, -0.2) is 0 Å². The van der Waals surface area contributed by atoms with Gasteiger partial charge in [-0.1, -0.05) is 32.1 Å². The predicted molar refractivity (Wildman–Crippen MR) is 90.5 cm³/mol. The van der Waals surface area contributed by atoms with Crippen LogP contribution in [0.5, 0.6) is 0 Å². The van der Waals surface area contributed by atoms with Gasteiger partial charge in [0, 0.05) is 55.6 Å². The first-order chi connectivity index (χ1) is 10.7. The Morgan fingerprint density at radius 1 is 1.13 bits per heavy atom. The van der Waals surface area contributed by atoms with Crippen molar-refractivity contribution in [3.63, 3.8) is 0 Å². The van der Waals surface area contributed by atoms with Crippen LogP contribution in [0.15, 0.2) is 10.2 Å². The average Bonchev–Trinajstić information content (AvgIpc) is 2.82. The van der Waals surface area contributed by atoms with Crippen molar-refractivity contribution >= 4 is 23.2 Å². The van der Waals surface area contributed by atoms with Crippen molar-refractivity contribution in [1.82, 2.24) is 14.4 Å². The molecule has 23 heavy (non-hydrogen) atoms. The molecule has 1 fully saturated rings. The zero-order valence-electron chi connectivity index (χ0n) is 14.3. The molecule has 7 heteroatoms. The van der Waals surface area contributed by atoms with E-state index < -0.39 is 0 Å². The highest BCUT2D eigenvalue weighted by atomic mass is 32.1. The summed E-state index contributed by atoms with van der Waals surface area (Å²) in [6.07, 6.45) is 0.324. The van der Waals surface area contributed by atoms with Gasteiger partial charge in [0.15, 0.2) is 0 Å².